The van der Waals surface area contributed by atoms with Crippen molar-refractivity contribution in [1.29, 1.82) is 0 Å². The molecule has 21 heavy (non-hydrogen) atoms. The molecule has 0 saturated heterocycles. The lowest BCUT2D eigenvalue weighted by molar-refractivity contribution is -0.160. The van der Waals surface area contributed by atoms with Gasteiger partial charge in [0.25, 0.3) is 10.0 Å². The predicted molar refractivity (Wildman–Crippen MR) is 74.7 cm³/mol. The third-order valence-corrected chi connectivity index (χ3v) is 6.36. The van der Waals surface area contributed by atoms with E-state index in [4.69, 9.17) is 0 Å². The predicted octanol–water partition coefficient (Wildman–Crippen LogP) is 2.62. The van der Waals surface area contributed by atoms with Crippen molar-refractivity contribution in [3.8, 4) is 0 Å². The molecule has 1 fully saturated rings. The van der Waals surface area contributed by atoms with Gasteiger partial charge in [-0.15, -0.1) is 11.3 Å². The number of alkyl halides is 3. The number of hydrogen-bond acceptors (Lipinski definition) is 4. The summed E-state index contributed by atoms with van der Waals surface area (Å²) in [5.41, 5.74) is -2.27. The van der Waals surface area contributed by atoms with Gasteiger partial charge >= 0.3 is 6.18 Å². The Labute approximate surface area is 125 Å². The molecule has 9 heteroatoms. The molecule has 1 saturated carbocycles. The first-order chi connectivity index (χ1) is 9.70. The number of nitrogens with one attached hydrogen (secondary N) is 2. The number of thiophene rings is 1. The first-order valence-electron chi connectivity index (χ1n) is 6.60. The summed E-state index contributed by atoms with van der Waals surface area (Å²) in [6.07, 6.45) is -4.01. The molecular weight excluding hydrogens is 325 g/mol. The molecule has 1 aliphatic rings. The minimum Gasteiger partial charge on any atom is -0.312 e. The molecular formula is C12H17F3N2O2S2. The van der Waals surface area contributed by atoms with Gasteiger partial charge in [0, 0.05) is 11.4 Å². The third-order valence-electron chi connectivity index (χ3n) is 3.25. The van der Waals surface area contributed by atoms with Gasteiger partial charge in [0.05, 0.1) is 0 Å². The van der Waals surface area contributed by atoms with Gasteiger partial charge in [0.1, 0.15) is 9.75 Å². The first-order valence-corrected chi connectivity index (χ1v) is 8.90. The molecule has 120 valence electrons. The van der Waals surface area contributed by atoms with Crippen LogP contribution in [-0.4, -0.2) is 26.7 Å². The highest BCUT2D eigenvalue weighted by molar-refractivity contribution is 7.91. The van der Waals surface area contributed by atoms with Crippen molar-refractivity contribution in [2.24, 2.45) is 0 Å². The van der Waals surface area contributed by atoms with Crippen molar-refractivity contribution < 1.29 is 21.6 Å². The number of rotatable bonds is 7. The summed E-state index contributed by atoms with van der Waals surface area (Å²) in [6.45, 7) is 3.32. The molecule has 0 aromatic carbocycles. The quantitative estimate of drug-likeness (QED) is 0.749. The fourth-order valence-corrected chi connectivity index (χ4v) is 4.63. The van der Waals surface area contributed by atoms with Crippen LogP contribution < -0.4 is 10.0 Å². The van der Waals surface area contributed by atoms with E-state index < -0.39 is 21.7 Å². The van der Waals surface area contributed by atoms with Gasteiger partial charge in [0.15, 0.2) is 0 Å². The van der Waals surface area contributed by atoms with Crippen molar-refractivity contribution in [3.05, 3.63) is 17.0 Å². The summed E-state index contributed by atoms with van der Waals surface area (Å²) in [5, 5.41) is 3.12. The molecule has 4 nitrogen and oxygen atoms in total. The van der Waals surface area contributed by atoms with Crippen LogP contribution in [0.4, 0.5) is 13.2 Å². The Morgan fingerprint density at radius 2 is 2.00 bits per heavy atom. The number of hydrogen-bond donors (Lipinski definition) is 2. The van der Waals surface area contributed by atoms with Crippen LogP contribution in [0.5, 0.6) is 0 Å². The summed E-state index contributed by atoms with van der Waals surface area (Å²) in [7, 11) is -4.13. The van der Waals surface area contributed by atoms with Crippen molar-refractivity contribution in [1.82, 2.24) is 10.0 Å². The van der Waals surface area contributed by atoms with E-state index in [0.717, 1.165) is 29.2 Å². The Morgan fingerprint density at radius 3 is 2.52 bits per heavy atom. The second-order valence-corrected chi connectivity index (χ2v) is 8.16. The van der Waals surface area contributed by atoms with Crippen molar-refractivity contribution >= 4 is 21.4 Å². The molecule has 0 unspecified atom stereocenters. The maximum Gasteiger partial charge on any atom is 0.407 e. The monoisotopic (exact) mass is 342 g/mol. The van der Waals surface area contributed by atoms with E-state index >= 15 is 0 Å². The summed E-state index contributed by atoms with van der Waals surface area (Å²) < 4.78 is 64.3. The molecule has 2 N–H and O–H groups in total. The van der Waals surface area contributed by atoms with Crippen molar-refractivity contribution in [2.45, 2.75) is 48.7 Å². The Balaban J connectivity index is 2.07. The zero-order chi connectivity index (χ0) is 15.7. The minimum absolute atomic E-state index is 0.0775. The van der Waals surface area contributed by atoms with E-state index in [9.17, 15) is 21.6 Å². The highest BCUT2D eigenvalue weighted by atomic mass is 32.2. The van der Waals surface area contributed by atoms with Crippen LogP contribution >= 0.6 is 11.3 Å². The van der Waals surface area contributed by atoms with Gasteiger partial charge in [-0.1, -0.05) is 6.92 Å². The molecule has 0 aliphatic heterocycles. The molecule has 0 radical (unpaired) electrons. The molecule has 1 aliphatic carbocycles. The number of sulfonamides is 1. The normalized spacial score (nSPS) is 17.9. The zero-order valence-corrected chi connectivity index (χ0v) is 13.1. The van der Waals surface area contributed by atoms with Crippen molar-refractivity contribution in [3.63, 3.8) is 0 Å². The number of halogens is 3. The molecule has 1 aromatic rings. The Morgan fingerprint density at radius 1 is 1.33 bits per heavy atom. The summed E-state index contributed by atoms with van der Waals surface area (Å²) in [5.74, 6) is 0. The van der Waals surface area contributed by atoms with Crippen LogP contribution in [0, 0.1) is 0 Å². The van der Waals surface area contributed by atoms with Gasteiger partial charge < -0.3 is 5.32 Å². The summed E-state index contributed by atoms with van der Waals surface area (Å²) in [4.78, 5) is 0.778. The van der Waals surface area contributed by atoms with Crippen LogP contribution in [0.3, 0.4) is 0 Å². The molecule has 0 bridgehead atoms. The van der Waals surface area contributed by atoms with E-state index in [1.54, 1.807) is 6.07 Å². The third kappa shape index (κ3) is 3.77. The highest BCUT2D eigenvalue weighted by Crippen LogP contribution is 2.49. The maximum absolute atomic E-state index is 12.8. The smallest absolute Gasteiger partial charge is 0.312 e. The second-order valence-electron chi connectivity index (χ2n) is 5.08. The van der Waals surface area contributed by atoms with E-state index in [0.29, 0.717) is 6.54 Å². The lowest BCUT2D eigenvalue weighted by Crippen LogP contribution is -2.47. The van der Waals surface area contributed by atoms with Crippen LogP contribution in [0.1, 0.15) is 31.1 Å². The lowest BCUT2D eigenvalue weighted by Gasteiger charge is -2.19. The topological polar surface area (TPSA) is 58.2 Å². The molecule has 1 heterocycles. The minimum atomic E-state index is -4.55. The van der Waals surface area contributed by atoms with E-state index in [1.165, 1.54) is 6.07 Å². The van der Waals surface area contributed by atoms with Crippen LogP contribution in [0.2, 0.25) is 0 Å². The van der Waals surface area contributed by atoms with E-state index in [1.807, 2.05) is 11.6 Å². The van der Waals surface area contributed by atoms with Gasteiger partial charge in [-0.25, -0.2) is 8.42 Å². The Bertz CT molecular complexity index is 592. The first kappa shape index (κ1) is 16.7. The van der Waals surface area contributed by atoms with Gasteiger partial charge in [0.2, 0.25) is 0 Å². The van der Waals surface area contributed by atoms with Crippen LogP contribution in [0.25, 0.3) is 0 Å². The fraction of sp³-hybridized carbons (Fsp3) is 0.667. The van der Waals surface area contributed by atoms with Gasteiger partial charge in [-0.3, -0.25) is 0 Å². The van der Waals surface area contributed by atoms with Gasteiger partial charge in [-0.2, -0.15) is 17.9 Å². The maximum atomic E-state index is 12.8. The Hall–Kier alpha value is -0.640. The van der Waals surface area contributed by atoms with Gasteiger partial charge in [-0.05, 0) is 37.9 Å². The van der Waals surface area contributed by atoms with E-state index in [2.05, 4.69) is 5.32 Å². The largest absolute Gasteiger partial charge is 0.407 e. The molecule has 0 atom stereocenters. The van der Waals surface area contributed by atoms with Crippen LogP contribution in [-0.2, 0) is 16.6 Å². The van der Waals surface area contributed by atoms with Crippen molar-refractivity contribution in [2.75, 3.05) is 6.54 Å². The molecule has 2 rings (SSSR count). The standard InChI is InChI=1S/C12H17F3N2O2S2/c1-2-7-16-8-9-3-4-10(20-9)21(18,19)17-11(5-6-11)12(13,14)15/h3-4,16-17H,2,5-8H2,1H3. The molecule has 1 aromatic heterocycles. The Kier molecular flexibility index (Phi) is 4.67. The second kappa shape index (κ2) is 5.86. The van der Waals surface area contributed by atoms with E-state index in [-0.39, 0.29) is 17.1 Å². The summed E-state index contributed by atoms with van der Waals surface area (Å²) in [6, 6.07) is 2.97. The molecule has 0 amide bonds. The lowest BCUT2D eigenvalue weighted by atomic mass is 10.3. The summed E-state index contributed by atoms with van der Waals surface area (Å²) >= 11 is 0.989. The molecule has 0 spiro atoms. The zero-order valence-electron chi connectivity index (χ0n) is 11.5. The van der Waals surface area contributed by atoms with Crippen LogP contribution in [0.15, 0.2) is 16.3 Å². The average molecular weight is 342 g/mol. The SMILES string of the molecule is CCCNCc1ccc(S(=O)(=O)NC2(C(F)(F)F)CC2)s1. The highest BCUT2D eigenvalue weighted by Gasteiger charge is 2.65. The average Bonchev–Trinajstić information content (AvgIpc) is 2.99. The fourth-order valence-electron chi connectivity index (χ4n) is 1.86.